The van der Waals surface area contributed by atoms with Crippen molar-refractivity contribution in [2.45, 2.75) is 39.5 Å². The van der Waals surface area contributed by atoms with E-state index in [0.717, 1.165) is 12.0 Å². The molecule has 0 heterocycles. The Morgan fingerprint density at radius 2 is 1.83 bits per heavy atom. The van der Waals surface area contributed by atoms with E-state index in [1.807, 2.05) is 12.1 Å². The van der Waals surface area contributed by atoms with Crippen molar-refractivity contribution in [3.8, 4) is 0 Å². The number of hydrogen-bond donors (Lipinski definition) is 0. The molecule has 0 amide bonds. The van der Waals surface area contributed by atoms with Crippen molar-refractivity contribution in [3.63, 3.8) is 0 Å². The SMILES string of the molecule is CCOC(=O)/C=C/c1ccc(C(C)(C)CC)cc1. The molecule has 2 nitrogen and oxygen atoms in total. The zero-order valence-corrected chi connectivity index (χ0v) is 11.7. The predicted octanol–water partition coefficient (Wildman–Crippen LogP) is 3.95. The molecule has 1 aromatic rings. The van der Waals surface area contributed by atoms with Crippen LogP contribution in [0.3, 0.4) is 0 Å². The van der Waals surface area contributed by atoms with E-state index in [2.05, 4.69) is 32.9 Å². The molecule has 98 valence electrons. The maximum absolute atomic E-state index is 11.2. The van der Waals surface area contributed by atoms with Crippen molar-refractivity contribution < 1.29 is 9.53 Å². The average Bonchev–Trinajstić information content (AvgIpc) is 2.37. The Morgan fingerprint density at radius 1 is 1.22 bits per heavy atom. The van der Waals surface area contributed by atoms with E-state index in [-0.39, 0.29) is 11.4 Å². The van der Waals surface area contributed by atoms with Crippen LogP contribution in [0, 0.1) is 0 Å². The highest BCUT2D eigenvalue weighted by molar-refractivity contribution is 5.87. The van der Waals surface area contributed by atoms with Crippen LogP contribution in [0.25, 0.3) is 6.08 Å². The fraction of sp³-hybridized carbons (Fsp3) is 0.438. The third kappa shape index (κ3) is 4.02. The van der Waals surface area contributed by atoms with Crippen LogP contribution in [-0.2, 0) is 14.9 Å². The summed E-state index contributed by atoms with van der Waals surface area (Å²) in [7, 11) is 0. The number of rotatable bonds is 5. The molecule has 0 fully saturated rings. The van der Waals surface area contributed by atoms with Gasteiger partial charge in [-0.1, -0.05) is 45.0 Å². The summed E-state index contributed by atoms with van der Waals surface area (Å²) >= 11 is 0. The normalized spacial score (nSPS) is 11.8. The summed E-state index contributed by atoms with van der Waals surface area (Å²) in [5.74, 6) is -0.296. The first kappa shape index (κ1) is 14.5. The van der Waals surface area contributed by atoms with Crippen molar-refractivity contribution >= 4 is 12.0 Å². The van der Waals surface area contributed by atoms with Crippen molar-refractivity contribution in [1.29, 1.82) is 0 Å². The lowest BCUT2D eigenvalue weighted by atomic mass is 9.82. The van der Waals surface area contributed by atoms with Crippen molar-refractivity contribution in [2.75, 3.05) is 6.61 Å². The second-order valence-corrected chi connectivity index (χ2v) is 4.94. The molecule has 0 saturated heterocycles. The number of carbonyl (C=O) groups is 1. The monoisotopic (exact) mass is 246 g/mol. The largest absolute Gasteiger partial charge is 0.463 e. The van der Waals surface area contributed by atoms with Crippen molar-refractivity contribution in [1.82, 2.24) is 0 Å². The summed E-state index contributed by atoms with van der Waals surface area (Å²) in [6.07, 6.45) is 4.34. The highest BCUT2D eigenvalue weighted by Gasteiger charge is 2.17. The van der Waals surface area contributed by atoms with Gasteiger partial charge in [-0.25, -0.2) is 4.79 Å². The molecular weight excluding hydrogens is 224 g/mol. The summed E-state index contributed by atoms with van der Waals surface area (Å²) in [5.41, 5.74) is 2.53. The second kappa shape index (κ2) is 6.39. The van der Waals surface area contributed by atoms with Crippen LogP contribution in [0.15, 0.2) is 30.3 Å². The first-order valence-corrected chi connectivity index (χ1v) is 6.45. The van der Waals surface area contributed by atoms with Gasteiger partial charge in [-0.15, -0.1) is 0 Å². The van der Waals surface area contributed by atoms with Crippen LogP contribution in [0.5, 0.6) is 0 Å². The minimum Gasteiger partial charge on any atom is -0.463 e. The molecule has 0 N–H and O–H groups in total. The Bertz CT molecular complexity index is 413. The first-order chi connectivity index (χ1) is 8.49. The molecule has 1 rings (SSSR count). The lowest BCUT2D eigenvalue weighted by Crippen LogP contribution is -2.14. The zero-order chi connectivity index (χ0) is 13.6. The van der Waals surface area contributed by atoms with Crippen LogP contribution in [-0.4, -0.2) is 12.6 Å². The highest BCUT2D eigenvalue weighted by atomic mass is 16.5. The van der Waals surface area contributed by atoms with Gasteiger partial charge in [0.15, 0.2) is 0 Å². The molecule has 0 atom stereocenters. The number of benzene rings is 1. The molecule has 0 aromatic heterocycles. The first-order valence-electron chi connectivity index (χ1n) is 6.45. The summed E-state index contributed by atoms with van der Waals surface area (Å²) in [6.45, 7) is 8.86. The Labute approximate surface area is 110 Å². The van der Waals surface area contributed by atoms with Crippen molar-refractivity contribution in [3.05, 3.63) is 41.5 Å². The zero-order valence-electron chi connectivity index (χ0n) is 11.7. The Morgan fingerprint density at radius 3 is 2.33 bits per heavy atom. The molecule has 0 radical (unpaired) electrons. The minimum absolute atomic E-state index is 0.198. The number of esters is 1. The van der Waals surface area contributed by atoms with E-state index in [4.69, 9.17) is 4.74 Å². The third-order valence-corrected chi connectivity index (χ3v) is 3.27. The van der Waals surface area contributed by atoms with E-state index in [1.54, 1.807) is 13.0 Å². The molecular formula is C16H22O2. The van der Waals surface area contributed by atoms with Gasteiger partial charge in [0.05, 0.1) is 6.61 Å². The number of ether oxygens (including phenoxy) is 1. The minimum atomic E-state index is -0.296. The van der Waals surface area contributed by atoms with Crippen LogP contribution in [0.1, 0.15) is 45.2 Å². The fourth-order valence-corrected chi connectivity index (χ4v) is 1.60. The molecule has 0 aliphatic rings. The topological polar surface area (TPSA) is 26.3 Å². The Kier molecular flexibility index (Phi) is 5.14. The van der Waals surface area contributed by atoms with Gasteiger partial charge in [0.2, 0.25) is 0 Å². The van der Waals surface area contributed by atoms with E-state index < -0.39 is 0 Å². The highest BCUT2D eigenvalue weighted by Crippen LogP contribution is 2.26. The molecule has 0 spiro atoms. The smallest absolute Gasteiger partial charge is 0.330 e. The number of hydrogen-bond acceptors (Lipinski definition) is 2. The van der Waals surface area contributed by atoms with Gasteiger partial charge >= 0.3 is 5.97 Å². The van der Waals surface area contributed by atoms with Crippen LogP contribution >= 0.6 is 0 Å². The standard InChI is InChI=1S/C16H22O2/c1-5-16(3,4)14-10-7-13(8-11-14)9-12-15(17)18-6-2/h7-12H,5-6H2,1-4H3/b12-9+. The summed E-state index contributed by atoms with van der Waals surface area (Å²) < 4.78 is 4.83. The molecule has 18 heavy (non-hydrogen) atoms. The lowest BCUT2D eigenvalue weighted by molar-refractivity contribution is -0.137. The molecule has 0 aliphatic carbocycles. The van der Waals surface area contributed by atoms with Crippen LogP contribution < -0.4 is 0 Å². The van der Waals surface area contributed by atoms with E-state index in [0.29, 0.717) is 6.61 Å². The Balaban J connectivity index is 2.75. The molecule has 0 unspecified atom stereocenters. The molecule has 0 bridgehead atoms. The van der Waals surface area contributed by atoms with E-state index >= 15 is 0 Å². The number of carbonyl (C=O) groups excluding carboxylic acids is 1. The van der Waals surface area contributed by atoms with Gasteiger partial charge in [-0.05, 0) is 36.0 Å². The van der Waals surface area contributed by atoms with Gasteiger partial charge in [-0.2, -0.15) is 0 Å². The maximum atomic E-state index is 11.2. The van der Waals surface area contributed by atoms with Gasteiger partial charge in [0, 0.05) is 6.08 Å². The maximum Gasteiger partial charge on any atom is 0.330 e. The van der Waals surface area contributed by atoms with E-state index in [9.17, 15) is 4.79 Å². The second-order valence-electron chi connectivity index (χ2n) is 4.94. The van der Waals surface area contributed by atoms with E-state index in [1.165, 1.54) is 11.6 Å². The predicted molar refractivity (Wildman–Crippen MR) is 75.4 cm³/mol. The Hall–Kier alpha value is -1.57. The average molecular weight is 246 g/mol. The molecule has 0 saturated carbocycles. The molecule has 1 aromatic carbocycles. The summed E-state index contributed by atoms with van der Waals surface area (Å²) in [6, 6.07) is 8.30. The fourth-order valence-electron chi connectivity index (χ4n) is 1.60. The molecule has 2 heteroatoms. The summed E-state index contributed by atoms with van der Waals surface area (Å²) in [4.78, 5) is 11.2. The van der Waals surface area contributed by atoms with Crippen LogP contribution in [0.2, 0.25) is 0 Å². The quantitative estimate of drug-likeness (QED) is 0.581. The summed E-state index contributed by atoms with van der Waals surface area (Å²) in [5, 5.41) is 0. The van der Waals surface area contributed by atoms with Gasteiger partial charge in [0.1, 0.15) is 0 Å². The van der Waals surface area contributed by atoms with Gasteiger partial charge < -0.3 is 4.74 Å². The third-order valence-electron chi connectivity index (χ3n) is 3.27. The van der Waals surface area contributed by atoms with Crippen molar-refractivity contribution in [2.24, 2.45) is 0 Å². The lowest BCUT2D eigenvalue weighted by Gasteiger charge is -2.23. The molecule has 0 aliphatic heterocycles. The van der Waals surface area contributed by atoms with Gasteiger partial charge in [0.25, 0.3) is 0 Å². The van der Waals surface area contributed by atoms with Crippen LogP contribution in [0.4, 0.5) is 0 Å². The van der Waals surface area contributed by atoms with Gasteiger partial charge in [-0.3, -0.25) is 0 Å².